The smallest absolute Gasteiger partial charge is 0.131 e. The summed E-state index contributed by atoms with van der Waals surface area (Å²) in [7, 11) is 0. The molecule has 1 aromatic rings. The minimum absolute atomic E-state index is 0.573. The number of anilines is 1. The van der Waals surface area contributed by atoms with Gasteiger partial charge in [-0.3, -0.25) is 4.90 Å². The molecule has 2 heterocycles. The molecular weight excluding hydrogens is 236 g/mol. The molecule has 0 spiro atoms. The second-order valence-electron chi connectivity index (χ2n) is 5.92. The van der Waals surface area contributed by atoms with Crippen LogP contribution in [0.5, 0.6) is 0 Å². The molecular formula is C15H24N4. The first-order chi connectivity index (χ1) is 9.26. The van der Waals surface area contributed by atoms with Crippen LogP contribution in [-0.4, -0.2) is 42.6 Å². The summed E-state index contributed by atoms with van der Waals surface area (Å²) >= 11 is 0. The highest BCUT2D eigenvalue weighted by Crippen LogP contribution is 2.30. The van der Waals surface area contributed by atoms with Gasteiger partial charge in [-0.15, -0.1) is 0 Å². The first-order valence-corrected chi connectivity index (χ1v) is 7.39. The van der Waals surface area contributed by atoms with E-state index in [1.165, 1.54) is 38.0 Å². The van der Waals surface area contributed by atoms with E-state index in [0.29, 0.717) is 6.54 Å². The standard InChI is InChI=1S/C15H24N4/c1-12-8-14(9-16)10-17-15(12)19-6-4-18(5-7-19)11-13-2-3-13/h8,10,13H,2-7,9,11,16H2,1H3. The maximum Gasteiger partial charge on any atom is 0.131 e. The van der Waals surface area contributed by atoms with Crippen molar-refractivity contribution in [3.63, 3.8) is 0 Å². The third-order valence-electron chi connectivity index (χ3n) is 4.23. The zero-order valence-electron chi connectivity index (χ0n) is 11.8. The Balaban J connectivity index is 1.60. The van der Waals surface area contributed by atoms with E-state index in [1.54, 1.807) is 0 Å². The van der Waals surface area contributed by atoms with Gasteiger partial charge >= 0.3 is 0 Å². The molecule has 1 saturated heterocycles. The van der Waals surface area contributed by atoms with Gasteiger partial charge in [0.2, 0.25) is 0 Å². The second kappa shape index (κ2) is 5.47. The van der Waals surface area contributed by atoms with E-state index in [9.17, 15) is 0 Å². The summed E-state index contributed by atoms with van der Waals surface area (Å²) in [5, 5.41) is 0. The topological polar surface area (TPSA) is 45.4 Å². The van der Waals surface area contributed by atoms with Crippen LogP contribution in [0.15, 0.2) is 12.3 Å². The summed E-state index contributed by atoms with van der Waals surface area (Å²) in [6, 6.07) is 2.17. The summed E-state index contributed by atoms with van der Waals surface area (Å²) in [4.78, 5) is 9.62. The SMILES string of the molecule is Cc1cc(CN)cnc1N1CCN(CC2CC2)CC1. The van der Waals surface area contributed by atoms with Gasteiger partial charge in [-0.1, -0.05) is 0 Å². The van der Waals surface area contributed by atoms with E-state index < -0.39 is 0 Å². The van der Waals surface area contributed by atoms with E-state index >= 15 is 0 Å². The number of piperazine rings is 1. The molecule has 0 unspecified atom stereocenters. The predicted molar refractivity (Wildman–Crippen MR) is 78.2 cm³/mol. The number of aryl methyl sites for hydroxylation is 1. The zero-order chi connectivity index (χ0) is 13.2. The molecule has 0 bridgehead atoms. The van der Waals surface area contributed by atoms with Crippen LogP contribution in [0.3, 0.4) is 0 Å². The fraction of sp³-hybridized carbons (Fsp3) is 0.667. The van der Waals surface area contributed by atoms with E-state index in [0.717, 1.165) is 30.4 Å². The van der Waals surface area contributed by atoms with E-state index in [1.807, 2.05) is 6.20 Å². The summed E-state index contributed by atoms with van der Waals surface area (Å²) in [5.41, 5.74) is 8.03. The van der Waals surface area contributed by atoms with Crippen LogP contribution in [0.1, 0.15) is 24.0 Å². The third kappa shape index (κ3) is 3.07. The van der Waals surface area contributed by atoms with Crippen LogP contribution >= 0.6 is 0 Å². The molecule has 2 N–H and O–H groups in total. The number of hydrogen-bond donors (Lipinski definition) is 1. The van der Waals surface area contributed by atoms with Crippen molar-refractivity contribution in [2.75, 3.05) is 37.6 Å². The van der Waals surface area contributed by atoms with Gasteiger partial charge in [-0.2, -0.15) is 0 Å². The van der Waals surface area contributed by atoms with Crippen LogP contribution in [0.2, 0.25) is 0 Å². The molecule has 1 saturated carbocycles. The van der Waals surface area contributed by atoms with Crippen molar-refractivity contribution in [1.82, 2.24) is 9.88 Å². The van der Waals surface area contributed by atoms with Crippen molar-refractivity contribution in [2.24, 2.45) is 11.7 Å². The second-order valence-corrected chi connectivity index (χ2v) is 5.92. The van der Waals surface area contributed by atoms with E-state index in [2.05, 4.69) is 27.8 Å². The minimum atomic E-state index is 0.573. The third-order valence-corrected chi connectivity index (χ3v) is 4.23. The Hall–Kier alpha value is -1.13. The predicted octanol–water partition coefficient (Wildman–Crippen LogP) is 1.38. The van der Waals surface area contributed by atoms with Crippen molar-refractivity contribution >= 4 is 5.82 Å². The lowest BCUT2D eigenvalue weighted by Crippen LogP contribution is -2.47. The monoisotopic (exact) mass is 260 g/mol. The Labute approximate surface area is 115 Å². The maximum absolute atomic E-state index is 5.66. The fourth-order valence-electron chi connectivity index (χ4n) is 2.88. The van der Waals surface area contributed by atoms with Gasteiger partial charge in [-0.05, 0) is 42.9 Å². The molecule has 1 aromatic heterocycles. The Kier molecular flexibility index (Phi) is 3.71. The molecule has 1 aliphatic carbocycles. The van der Waals surface area contributed by atoms with Gasteiger partial charge in [0, 0.05) is 45.5 Å². The fourth-order valence-corrected chi connectivity index (χ4v) is 2.88. The average Bonchev–Trinajstić information content (AvgIpc) is 3.24. The van der Waals surface area contributed by atoms with Gasteiger partial charge < -0.3 is 10.6 Å². The van der Waals surface area contributed by atoms with Gasteiger partial charge in [0.1, 0.15) is 5.82 Å². The number of nitrogens with zero attached hydrogens (tertiary/aromatic N) is 3. The normalized spacial score (nSPS) is 20.8. The van der Waals surface area contributed by atoms with Crippen molar-refractivity contribution in [3.05, 3.63) is 23.4 Å². The first kappa shape index (κ1) is 12.9. The van der Waals surface area contributed by atoms with Gasteiger partial charge in [0.05, 0.1) is 0 Å². The lowest BCUT2D eigenvalue weighted by atomic mass is 10.2. The summed E-state index contributed by atoms with van der Waals surface area (Å²) in [6.07, 6.45) is 4.81. The molecule has 0 amide bonds. The highest BCUT2D eigenvalue weighted by atomic mass is 15.3. The molecule has 0 atom stereocenters. The van der Waals surface area contributed by atoms with Crippen LogP contribution in [0.4, 0.5) is 5.82 Å². The molecule has 2 aliphatic rings. The van der Waals surface area contributed by atoms with Gasteiger partial charge in [0.25, 0.3) is 0 Å². The molecule has 4 nitrogen and oxygen atoms in total. The average molecular weight is 260 g/mol. The molecule has 0 radical (unpaired) electrons. The Morgan fingerprint density at radius 2 is 2.00 bits per heavy atom. The highest BCUT2D eigenvalue weighted by Gasteiger charge is 2.26. The van der Waals surface area contributed by atoms with Crippen LogP contribution in [-0.2, 0) is 6.54 Å². The van der Waals surface area contributed by atoms with Crippen LogP contribution in [0, 0.1) is 12.8 Å². The molecule has 0 aromatic carbocycles. The van der Waals surface area contributed by atoms with Crippen molar-refractivity contribution in [2.45, 2.75) is 26.3 Å². The summed E-state index contributed by atoms with van der Waals surface area (Å²) < 4.78 is 0. The Morgan fingerprint density at radius 1 is 1.26 bits per heavy atom. The number of rotatable bonds is 4. The minimum Gasteiger partial charge on any atom is -0.354 e. The lowest BCUT2D eigenvalue weighted by molar-refractivity contribution is 0.247. The number of hydrogen-bond acceptors (Lipinski definition) is 4. The molecule has 2 fully saturated rings. The van der Waals surface area contributed by atoms with Crippen molar-refractivity contribution in [1.29, 1.82) is 0 Å². The van der Waals surface area contributed by atoms with E-state index in [-0.39, 0.29) is 0 Å². The summed E-state index contributed by atoms with van der Waals surface area (Å²) in [5.74, 6) is 2.14. The largest absolute Gasteiger partial charge is 0.354 e. The van der Waals surface area contributed by atoms with Crippen LogP contribution in [0.25, 0.3) is 0 Å². The van der Waals surface area contributed by atoms with Gasteiger partial charge in [0.15, 0.2) is 0 Å². The zero-order valence-corrected chi connectivity index (χ0v) is 11.8. The highest BCUT2D eigenvalue weighted by molar-refractivity contribution is 5.47. The molecule has 3 rings (SSSR count). The molecule has 1 aliphatic heterocycles. The number of pyridine rings is 1. The number of nitrogens with two attached hydrogens (primary N) is 1. The summed E-state index contributed by atoms with van der Waals surface area (Å²) in [6.45, 7) is 8.57. The van der Waals surface area contributed by atoms with Crippen molar-refractivity contribution < 1.29 is 0 Å². The lowest BCUT2D eigenvalue weighted by Gasteiger charge is -2.36. The molecule has 19 heavy (non-hydrogen) atoms. The molecule has 104 valence electrons. The Bertz CT molecular complexity index is 434. The van der Waals surface area contributed by atoms with Gasteiger partial charge in [-0.25, -0.2) is 4.98 Å². The van der Waals surface area contributed by atoms with E-state index in [4.69, 9.17) is 5.73 Å². The van der Waals surface area contributed by atoms with Crippen molar-refractivity contribution in [3.8, 4) is 0 Å². The first-order valence-electron chi connectivity index (χ1n) is 7.39. The Morgan fingerprint density at radius 3 is 2.58 bits per heavy atom. The quantitative estimate of drug-likeness (QED) is 0.888. The molecule has 4 heteroatoms. The maximum atomic E-state index is 5.66. The number of aromatic nitrogens is 1. The van der Waals surface area contributed by atoms with Crippen LogP contribution < -0.4 is 10.6 Å².